The van der Waals surface area contributed by atoms with Crippen LogP contribution in [0.5, 0.6) is 5.75 Å². The number of aromatic nitrogens is 3. The Labute approximate surface area is 180 Å². The molecule has 0 unspecified atom stereocenters. The van der Waals surface area contributed by atoms with Gasteiger partial charge in [-0.1, -0.05) is 42.5 Å². The average molecular weight is 413 g/mol. The van der Waals surface area contributed by atoms with E-state index < -0.39 is 11.2 Å². The fourth-order valence-corrected chi connectivity index (χ4v) is 3.00. The maximum Gasteiger partial charge on any atom is 0.332 e. The zero-order chi connectivity index (χ0) is 22.2. The minimum Gasteiger partial charge on any atom is -0.497 e. The number of rotatable bonds is 6. The minimum atomic E-state index is -0.426. The number of benzene rings is 1. The summed E-state index contributed by atoms with van der Waals surface area (Å²) >= 11 is 0. The van der Waals surface area contributed by atoms with Crippen molar-refractivity contribution in [2.24, 2.45) is 0 Å². The minimum absolute atomic E-state index is 0.153. The number of hydrogen-bond donors (Lipinski definition) is 0. The molecule has 6 heteroatoms. The molecule has 0 N–H and O–H groups in total. The van der Waals surface area contributed by atoms with Crippen LogP contribution in [0.25, 0.3) is 0 Å². The van der Waals surface area contributed by atoms with Gasteiger partial charge in [-0.25, -0.2) is 9.78 Å². The van der Waals surface area contributed by atoms with Gasteiger partial charge >= 0.3 is 5.69 Å². The van der Waals surface area contributed by atoms with Crippen molar-refractivity contribution in [1.29, 1.82) is 0 Å². The molecular weight excluding hydrogens is 390 g/mol. The first-order valence-electron chi connectivity index (χ1n) is 9.70. The Kier molecular flexibility index (Phi) is 7.02. The van der Waals surface area contributed by atoms with Gasteiger partial charge in [0.25, 0.3) is 5.56 Å². The van der Waals surface area contributed by atoms with Gasteiger partial charge in [0.2, 0.25) is 0 Å². The summed E-state index contributed by atoms with van der Waals surface area (Å²) in [7, 11) is 1.59. The standard InChI is InChI=1S/C25H23N3O3/c1-4-7-19(2)17-27-22(12-11-21-8-5-6-15-26-21)16-24(29)28(25(27)30)18-20-9-13-23(31-3)14-10-20/h4-10,13-16H,1,17-18H2,2-3H3/b19-7+. The van der Waals surface area contributed by atoms with Gasteiger partial charge in [0.15, 0.2) is 0 Å². The second-order valence-electron chi connectivity index (χ2n) is 6.88. The quantitative estimate of drug-likeness (QED) is 0.460. The van der Waals surface area contributed by atoms with Gasteiger partial charge in [-0.3, -0.25) is 13.9 Å². The molecule has 0 radical (unpaired) electrons. The molecule has 1 aromatic carbocycles. The molecule has 0 bridgehead atoms. The molecule has 0 saturated heterocycles. The first-order valence-corrected chi connectivity index (χ1v) is 9.70. The molecule has 0 aliphatic heterocycles. The Morgan fingerprint density at radius 2 is 1.90 bits per heavy atom. The predicted octanol–water partition coefficient (Wildman–Crippen LogP) is 2.99. The number of hydrogen-bond acceptors (Lipinski definition) is 4. The Morgan fingerprint density at radius 3 is 2.55 bits per heavy atom. The number of allylic oxidation sites excluding steroid dienone is 3. The maximum absolute atomic E-state index is 13.3. The van der Waals surface area contributed by atoms with Crippen LogP contribution in [-0.4, -0.2) is 21.2 Å². The Hall–Kier alpha value is -4.11. The third kappa shape index (κ3) is 5.49. The maximum atomic E-state index is 13.3. The predicted molar refractivity (Wildman–Crippen MR) is 121 cm³/mol. The molecule has 0 amide bonds. The lowest BCUT2D eigenvalue weighted by molar-refractivity contribution is 0.414. The molecule has 31 heavy (non-hydrogen) atoms. The lowest BCUT2D eigenvalue weighted by atomic mass is 10.2. The summed E-state index contributed by atoms with van der Waals surface area (Å²) in [6, 6.07) is 14.0. The monoisotopic (exact) mass is 413 g/mol. The third-order valence-corrected chi connectivity index (χ3v) is 4.57. The third-order valence-electron chi connectivity index (χ3n) is 4.57. The van der Waals surface area contributed by atoms with E-state index in [2.05, 4.69) is 23.4 Å². The van der Waals surface area contributed by atoms with Crippen LogP contribution in [0, 0.1) is 11.8 Å². The van der Waals surface area contributed by atoms with E-state index in [9.17, 15) is 9.59 Å². The zero-order valence-corrected chi connectivity index (χ0v) is 17.5. The summed E-state index contributed by atoms with van der Waals surface area (Å²) in [4.78, 5) is 30.2. The molecule has 0 atom stereocenters. The fraction of sp³-hybridized carbons (Fsp3) is 0.160. The summed E-state index contributed by atoms with van der Waals surface area (Å²) in [6.45, 7) is 6.04. The lowest BCUT2D eigenvalue weighted by Gasteiger charge is -2.13. The van der Waals surface area contributed by atoms with Gasteiger partial charge in [0, 0.05) is 18.8 Å². The number of methoxy groups -OCH3 is 1. The van der Waals surface area contributed by atoms with E-state index in [1.807, 2.05) is 31.2 Å². The van der Waals surface area contributed by atoms with Crippen molar-refractivity contribution in [2.75, 3.05) is 7.11 Å². The van der Waals surface area contributed by atoms with Gasteiger partial charge in [-0.2, -0.15) is 0 Å². The van der Waals surface area contributed by atoms with Crippen LogP contribution < -0.4 is 16.0 Å². The smallest absolute Gasteiger partial charge is 0.332 e. The van der Waals surface area contributed by atoms with Crippen LogP contribution in [0.1, 0.15) is 23.9 Å². The molecule has 2 aromatic heterocycles. The summed E-state index contributed by atoms with van der Waals surface area (Å²) < 4.78 is 7.86. The van der Waals surface area contributed by atoms with Crippen LogP contribution >= 0.6 is 0 Å². The van der Waals surface area contributed by atoms with E-state index in [0.717, 1.165) is 11.1 Å². The zero-order valence-electron chi connectivity index (χ0n) is 17.5. The number of ether oxygens (including phenoxy) is 1. The highest BCUT2D eigenvalue weighted by Gasteiger charge is 2.11. The molecule has 0 fully saturated rings. The largest absolute Gasteiger partial charge is 0.497 e. The van der Waals surface area contributed by atoms with Gasteiger partial charge in [0.05, 0.1) is 13.7 Å². The molecule has 3 aromatic rings. The molecule has 6 nitrogen and oxygen atoms in total. The molecule has 0 spiro atoms. The van der Waals surface area contributed by atoms with Gasteiger partial charge in [-0.15, -0.1) is 0 Å². The van der Waals surface area contributed by atoms with E-state index in [1.165, 1.54) is 15.2 Å². The second kappa shape index (κ2) is 10.1. The Morgan fingerprint density at radius 1 is 1.13 bits per heavy atom. The average Bonchev–Trinajstić information content (AvgIpc) is 2.78. The van der Waals surface area contributed by atoms with Crippen molar-refractivity contribution in [3.8, 4) is 17.6 Å². The van der Waals surface area contributed by atoms with Gasteiger partial charge < -0.3 is 4.74 Å². The van der Waals surface area contributed by atoms with Crippen LogP contribution in [0.2, 0.25) is 0 Å². The van der Waals surface area contributed by atoms with E-state index in [1.54, 1.807) is 43.6 Å². The van der Waals surface area contributed by atoms with Crippen molar-refractivity contribution in [2.45, 2.75) is 20.0 Å². The molecule has 156 valence electrons. The van der Waals surface area contributed by atoms with Crippen LogP contribution in [0.4, 0.5) is 0 Å². The molecule has 0 saturated carbocycles. The first kappa shape index (κ1) is 21.6. The van der Waals surface area contributed by atoms with Crippen molar-refractivity contribution in [3.63, 3.8) is 0 Å². The topological polar surface area (TPSA) is 66.1 Å². The highest BCUT2D eigenvalue weighted by atomic mass is 16.5. The molecular formula is C25H23N3O3. The summed E-state index contributed by atoms with van der Waals surface area (Å²) in [6.07, 6.45) is 5.12. The van der Waals surface area contributed by atoms with E-state index in [-0.39, 0.29) is 6.54 Å². The molecule has 2 heterocycles. The fourth-order valence-electron chi connectivity index (χ4n) is 3.00. The second-order valence-corrected chi connectivity index (χ2v) is 6.88. The van der Waals surface area contributed by atoms with Gasteiger partial charge in [-0.05, 0) is 48.6 Å². The molecule has 3 rings (SSSR count). The Bertz CT molecular complexity index is 1270. The van der Waals surface area contributed by atoms with E-state index in [4.69, 9.17) is 4.74 Å². The summed E-state index contributed by atoms with van der Waals surface area (Å²) in [5.41, 5.74) is 1.79. The van der Waals surface area contributed by atoms with Crippen LogP contribution in [0.15, 0.2) is 88.6 Å². The lowest BCUT2D eigenvalue weighted by Crippen LogP contribution is -2.41. The van der Waals surface area contributed by atoms with Crippen molar-refractivity contribution in [1.82, 2.24) is 14.1 Å². The van der Waals surface area contributed by atoms with E-state index >= 15 is 0 Å². The summed E-state index contributed by atoms with van der Waals surface area (Å²) in [5.74, 6) is 6.56. The number of pyridine rings is 1. The van der Waals surface area contributed by atoms with Crippen LogP contribution in [0.3, 0.4) is 0 Å². The van der Waals surface area contributed by atoms with Crippen molar-refractivity contribution >= 4 is 0 Å². The summed E-state index contributed by atoms with van der Waals surface area (Å²) in [5, 5.41) is 0. The molecule has 0 aliphatic carbocycles. The first-order chi connectivity index (χ1) is 15.0. The van der Waals surface area contributed by atoms with E-state index in [0.29, 0.717) is 23.7 Å². The molecule has 0 aliphatic rings. The van der Waals surface area contributed by atoms with Crippen molar-refractivity contribution in [3.05, 3.63) is 117 Å². The van der Waals surface area contributed by atoms with Crippen LogP contribution in [-0.2, 0) is 13.1 Å². The number of nitrogens with zero attached hydrogens (tertiary/aromatic N) is 3. The normalized spacial score (nSPS) is 10.8. The van der Waals surface area contributed by atoms with Gasteiger partial charge in [0.1, 0.15) is 17.1 Å². The SMILES string of the molecule is C=C/C=C(\C)Cn1c(C#Cc2ccccn2)cc(=O)n(Cc2ccc(OC)cc2)c1=O. The highest BCUT2D eigenvalue weighted by Crippen LogP contribution is 2.11. The Balaban J connectivity index is 2.08. The highest BCUT2D eigenvalue weighted by molar-refractivity contribution is 5.36. The van der Waals surface area contributed by atoms with Crippen molar-refractivity contribution < 1.29 is 4.74 Å².